The van der Waals surface area contributed by atoms with E-state index in [0.29, 0.717) is 5.69 Å². The summed E-state index contributed by atoms with van der Waals surface area (Å²) in [5.74, 6) is -0.0388. The second-order valence-corrected chi connectivity index (χ2v) is 6.46. The summed E-state index contributed by atoms with van der Waals surface area (Å²) in [4.78, 5) is 18.2. The van der Waals surface area contributed by atoms with E-state index in [0.717, 1.165) is 35.2 Å². The van der Waals surface area contributed by atoms with Crippen LogP contribution in [0.1, 0.15) is 35.8 Å². The Morgan fingerprint density at radius 2 is 2.00 bits per heavy atom. The van der Waals surface area contributed by atoms with E-state index in [1.165, 1.54) is 5.56 Å². The number of carbonyl (C=O) groups is 1. The maximum absolute atomic E-state index is 12.2. The van der Waals surface area contributed by atoms with Crippen molar-refractivity contribution in [2.24, 2.45) is 0 Å². The van der Waals surface area contributed by atoms with Gasteiger partial charge in [-0.3, -0.25) is 4.79 Å². The number of unbranched alkanes of at least 4 members (excludes halogenated alkanes) is 1. The smallest absolute Gasteiger partial charge is 0.272 e. The number of hydrogen-bond donors (Lipinski definition) is 1. The minimum absolute atomic E-state index is 0.0388. The van der Waals surface area contributed by atoms with Crippen molar-refractivity contribution in [2.75, 3.05) is 18.9 Å². The van der Waals surface area contributed by atoms with Gasteiger partial charge in [-0.15, -0.1) is 0 Å². The number of benzene rings is 1. The molecule has 0 fully saturated rings. The molecule has 23 heavy (non-hydrogen) atoms. The van der Waals surface area contributed by atoms with E-state index in [-0.39, 0.29) is 5.91 Å². The molecular weight excluding hydrogens is 354 g/mol. The van der Waals surface area contributed by atoms with E-state index in [4.69, 9.17) is 0 Å². The van der Waals surface area contributed by atoms with Crippen molar-refractivity contribution in [1.29, 1.82) is 0 Å². The highest BCUT2D eigenvalue weighted by molar-refractivity contribution is 9.10. The fraction of sp³-hybridized carbons (Fsp3) is 0.333. The van der Waals surface area contributed by atoms with E-state index in [9.17, 15) is 4.79 Å². The predicted molar refractivity (Wildman–Crippen MR) is 98.3 cm³/mol. The van der Waals surface area contributed by atoms with E-state index in [1.807, 2.05) is 38.2 Å². The Bertz CT molecular complexity index is 670. The third kappa shape index (κ3) is 4.79. The maximum Gasteiger partial charge on any atom is 0.272 e. The molecule has 0 atom stereocenters. The second kappa shape index (κ2) is 8.11. The zero-order chi connectivity index (χ0) is 16.8. The molecule has 1 heterocycles. The van der Waals surface area contributed by atoms with Crippen LogP contribution in [0.15, 0.2) is 41.0 Å². The number of aromatic nitrogens is 1. The Balaban J connectivity index is 2.04. The zero-order valence-corrected chi connectivity index (χ0v) is 15.4. The standard InChI is InChI=1S/C18H22BrN3O/c1-4-5-10-22(3)18(23)17-9-8-15(12-20-17)21-14-7-6-13(2)16(19)11-14/h6-9,11-12,21H,4-5,10H2,1-3H3. The first-order chi connectivity index (χ1) is 11.0. The average molecular weight is 376 g/mol. The summed E-state index contributed by atoms with van der Waals surface area (Å²) < 4.78 is 1.06. The summed E-state index contributed by atoms with van der Waals surface area (Å²) >= 11 is 3.52. The molecule has 1 aromatic carbocycles. The number of carbonyl (C=O) groups excluding carboxylic acids is 1. The maximum atomic E-state index is 12.2. The number of rotatable bonds is 6. The molecule has 0 unspecified atom stereocenters. The molecule has 0 saturated heterocycles. The van der Waals surface area contributed by atoms with Crippen LogP contribution in [0.5, 0.6) is 0 Å². The third-order valence-corrected chi connectivity index (χ3v) is 4.49. The number of halogens is 1. The van der Waals surface area contributed by atoms with Crippen molar-refractivity contribution in [1.82, 2.24) is 9.88 Å². The molecule has 4 nitrogen and oxygen atoms in total. The van der Waals surface area contributed by atoms with Crippen LogP contribution in [-0.2, 0) is 0 Å². The van der Waals surface area contributed by atoms with Crippen molar-refractivity contribution in [3.8, 4) is 0 Å². The number of aryl methyl sites for hydroxylation is 1. The van der Waals surface area contributed by atoms with Crippen molar-refractivity contribution in [2.45, 2.75) is 26.7 Å². The number of amides is 1. The molecule has 1 aromatic heterocycles. The molecule has 0 saturated carbocycles. The van der Waals surface area contributed by atoms with Crippen molar-refractivity contribution in [3.63, 3.8) is 0 Å². The number of pyridine rings is 1. The molecule has 2 aromatic rings. The molecule has 1 amide bonds. The Hall–Kier alpha value is -1.88. The van der Waals surface area contributed by atoms with Crippen molar-refractivity contribution in [3.05, 3.63) is 52.3 Å². The second-order valence-electron chi connectivity index (χ2n) is 5.60. The summed E-state index contributed by atoms with van der Waals surface area (Å²) in [6.45, 7) is 4.92. The van der Waals surface area contributed by atoms with Gasteiger partial charge in [0.25, 0.3) is 5.91 Å². The quantitative estimate of drug-likeness (QED) is 0.790. The van der Waals surface area contributed by atoms with Crippen LogP contribution in [0.3, 0.4) is 0 Å². The molecule has 1 N–H and O–H groups in total. The lowest BCUT2D eigenvalue weighted by Gasteiger charge is -2.16. The number of nitrogens with one attached hydrogen (secondary N) is 1. The van der Waals surface area contributed by atoms with Crippen LogP contribution in [-0.4, -0.2) is 29.4 Å². The lowest BCUT2D eigenvalue weighted by molar-refractivity contribution is 0.0787. The van der Waals surface area contributed by atoms with Crippen LogP contribution >= 0.6 is 15.9 Å². The molecular formula is C18H22BrN3O. The van der Waals surface area contributed by atoms with Crippen LogP contribution in [0.4, 0.5) is 11.4 Å². The van der Waals surface area contributed by atoms with Gasteiger partial charge in [0.15, 0.2) is 0 Å². The van der Waals surface area contributed by atoms with Crippen molar-refractivity contribution < 1.29 is 4.79 Å². The Kier molecular flexibility index (Phi) is 6.16. The number of nitrogens with zero attached hydrogens (tertiary/aromatic N) is 2. The van der Waals surface area contributed by atoms with Gasteiger partial charge < -0.3 is 10.2 Å². The highest BCUT2D eigenvalue weighted by Crippen LogP contribution is 2.23. The third-order valence-electron chi connectivity index (χ3n) is 3.64. The van der Waals surface area contributed by atoms with E-state index in [2.05, 4.69) is 33.2 Å². The zero-order valence-electron chi connectivity index (χ0n) is 13.8. The van der Waals surface area contributed by atoms with Crippen LogP contribution < -0.4 is 5.32 Å². The first-order valence-corrected chi connectivity index (χ1v) is 8.55. The van der Waals surface area contributed by atoms with E-state index in [1.54, 1.807) is 17.2 Å². The van der Waals surface area contributed by atoms with Crippen LogP contribution in [0.2, 0.25) is 0 Å². The summed E-state index contributed by atoms with van der Waals surface area (Å²) in [7, 11) is 1.82. The van der Waals surface area contributed by atoms with Crippen molar-refractivity contribution >= 4 is 33.2 Å². The van der Waals surface area contributed by atoms with Gasteiger partial charge in [-0.05, 0) is 43.2 Å². The highest BCUT2D eigenvalue weighted by Gasteiger charge is 2.12. The largest absolute Gasteiger partial charge is 0.354 e. The minimum atomic E-state index is -0.0388. The lowest BCUT2D eigenvalue weighted by atomic mass is 10.2. The Labute approximate surface area is 146 Å². The molecule has 0 aliphatic carbocycles. The van der Waals surface area contributed by atoms with Crippen LogP contribution in [0, 0.1) is 6.92 Å². The number of anilines is 2. The summed E-state index contributed by atoms with van der Waals surface area (Å²) in [5, 5.41) is 3.28. The Morgan fingerprint density at radius 3 is 2.61 bits per heavy atom. The van der Waals surface area contributed by atoms with Gasteiger partial charge in [0, 0.05) is 23.8 Å². The minimum Gasteiger partial charge on any atom is -0.354 e. The Morgan fingerprint density at radius 1 is 1.26 bits per heavy atom. The van der Waals surface area contributed by atoms with Gasteiger partial charge in [0.05, 0.1) is 11.9 Å². The van der Waals surface area contributed by atoms with Gasteiger partial charge in [0.2, 0.25) is 0 Å². The molecule has 2 rings (SSSR count). The van der Waals surface area contributed by atoms with E-state index < -0.39 is 0 Å². The topological polar surface area (TPSA) is 45.2 Å². The molecule has 122 valence electrons. The molecule has 0 aliphatic rings. The molecule has 5 heteroatoms. The monoisotopic (exact) mass is 375 g/mol. The first-order valence-electron chi connectivity index (χ1n) is 7.76. The summed E-state index contributed by atoms with van der Waals surface area (Å²) in [5.41, 5.74) is 3.49. The highest BCUT2D eigenvalue weighted by atomic mass is 79.9. The molecule has 0 aliphatic heterocycles. The molecule has 0 spiro atoms. The van der Waals surface area contributed by atoms with Gasteiger partial charge in [0.1, 0.15) is 5.69 Å². The summed E-state index contributed by atoms with van der Waals surface area (Å²) in [6, 6.07) is 9.71. The van der Waals surface area contributed by atoms with E-state index >= 15 is 0 Å². The molecule has 0 radical (unpaired) electrons. The van der Waals surface area contributed by atoms with Crippen LogP contribution in [0.25, 0.3) is 0 Å². The first kappa shape index (κ1) is 17.5. The fourth-order valence-corrected chi connectivity index (χ4v) is 2.50. The number of hydrogen-bond acceptors (Lipinski definition) is 3. The van der Waals surface area contributed by atoms with Gasteiger partial charge in [-0.25, -0.2) is 4.98 Å². The normalized spacial score (nSPS) is 10.4. The fourth-order valence-electron chi connectivity index (χ4n) is 2.12. The molecule has 0 bridgehead atoms. The summed E-state index contributed by atoms with van der Waals surface area (Å²) in [6.07, 6.45) is 3.76. The van der Waals surface area contributed by atoms with Gasteiger partial charge >= 0.3 is 0 Å². The lowest BCUT2D eigenvalue weighted by Crippen LogP contribution is -2.28. The average Bonchev–Trinajstić information content (AvgIpc) is 2.56. The van der Waals surface area contributed by atoms with Gasteiger partial charge in [-0.1, -0.05) is 35.3 Å². The SMILES string of the molecule is CCCCN(C)C(=O)c1ccc(Nc2ccc(C)c(Br)c2)cn1. The van der Waals surface area contributed by atoms with Gasteiger partial charge in [-0.2, -0.15) is 0 Å². The predicted octanol–water partition coefficient (Wildman–Crippen LogP) is 4.77.